The molecule has 0 aliphatic carbocycles. The molecule has 0 bridgehead atoms. The van der Waals surface area contributed by atoms with Crippen molar-refractivity contribution in [3.8, 4) is 11.5 Å². The maximum absolute atomic E-state index is 12.9. The van der Waals surface area contributed by atoms with E-state index in [4.69, 9.17) is 14.2 Å². The predicted molar refractivity (Wildman–Crippen MR) is 97.1 cm³/mol. The topological polar surface area (TPSA) is 56.8 Å². The zero-order chi connectivity index (χ0) is 19.9. The molecule has 0 saturated heterocycles. The van der Waals surface area contributed by atoms with E-state index in [9.17, 15) is 18.0 Å². The Kier molecular flexibility index (Phi) is 7.49. The summed E-state index contributed by atoms with van der Waals surface area (Å²) in [6.07, 6.45) is -4.54. The third kappa shape index (κ3) is 6.76. The van der Waals surface area contributed by atoms with Crippen LogP contribution in [0.3, 0.4) is 0 Å². The molecular formula is C18H17BrF3NO4. The van der Waals surface area contributed by atoms with Crippen molar-refractivity contribution in [3.05, 3.63) is 52.5 Å². The molecule has 1 N–H and O–H groups in total. The zero-order valence-electron chi connectivity index (χ0n) is 14.3. The molecule has 146 valence electrons. The molecule has 9 heteroatoms. The minimum atomic E-state index is -4.54. The van der Waals surface area contributed by atoms with Gasteiger partial charge in [-0.25, -0.2) is 0 Å². The molecule has 0 aliphatic heterocycles. The molecule has 2 aromatic carbocycles. The first-order valence-electron chi connectivity index (χ1n) is 7.81. The Bertz CT molecular complexity index is 766. The Morgan fingerprint density at radius 3 is 2.41 bits per heavy atom. The molecule has 0 saturated carbocycles. The summed E-state index contributed by atoms with van der Waals surface area (Å²) in [5.74, 6) is -0.0557. The smallest absolute Gasteiger partial charge is 0.416 e. The molecule has 0 aliphatic rings. The summed E-state index contributed by atoms with van der Waals surface area (Å²) >= 11 is 3.28. The molecular weight excluding hydrogens is 431 g/mol. The number of carbonyl (C=O) groups is 1. The van der Waals surface area contributed by atoms with Crippen molar-refractivity contribution in [1.82, 2.24) is 0 Å². The highest BCUT2D eigenvalue weighted by atomic mass is 79.9. The summed E-state index contributed by atoms with van der Waals surface area (Å²) < 4.78 is 55.2. The van der Waals surface area contributed by atoms with Gasteiger partial charge in [0.15, 0.2) is 6.61 Å². The van der Waals surface area contributed by atoms with Crippen LogP contribution in [0.5, 0.6) is 11.5 Å². The van der Waals surface area contributed by atoms with Crippen LogP contribution in [0.25, 0.3) is 0 Å². The van der Waals surface area contributed by atoms with E-state index in [1.54, 1.807) is 24.3 Å². The fourth-order valence-electron chi connectivity index (χ4n) is 2.03. The summed E-state index contributed by atoms with van der Waals surface area (Å²) in [5, 5.41) is 2.39. The lowest BCUT2D eigenvalue weighted by Gasteiger charge is -2.15. The average molecular weight is 448 g/mol. The number of carbonyl (C=O) groups excluding carboxylic acids is 1. The van der Waals surface area contributed by atoms with E-state index in [-0.39, 0.29) is 31.3 Å². The molecule has 0 radical (unpaired) electrons. The Morgan fingerprint density at radius 2 is 1.78 bits per heavy atom. The Balaban J connectivity index is 2.08. The number of nitrogens with one attached hydrogen (secondary N) is 1. The molecule has 0 fully saturated rings. The molecule has 2 rings (SSSR count). The number of methoxy groups -OCH3 is 1. The summed E-state index contributed by atoms with van der Waals surface area (Å²) in [7, 11) is 1.47. The molecule has 0 spiro atoms. The minimum Gasteiger partial charge on any atom is -0.489 e. The van der Waals surface area contributed by atoms with E-state index in [1.165, 1.54) is 7.11 Å². The monoisotopic (exact) mass is 447 g/mol. The zero-order valence-corrected chi connectivity index (χ0v) is 15.9. The first-order valence-corrected chi connectivity index (χ1v) is 8.60. The van der Waals surface area contributed by atoms with Crippen LogP contribution in [0.2, 0.25) is 0 Å². The van der Waals surface area contributed by atoms with Crippen molar-refractivity contribution in [2.75, 3.05) is 32.2 Å². The largest absolute Gasteiger partial charge is 0.489 e. The van der Waals surface area contributed by atoms with Crippen LogP contribution in [-0.2, 0) is 15.7 Å². The minimum absolute atomic E-state index is 0.0923. The molecule has 0 aromatic heterocycles. The van der Waals surface area contributed by atoms with Gasteiger partial charge < -0.3 is 19.5 Å². The van der Waals surface area contributed by atoms with E-state index in [0.717, 1.165) is 22.7 Å². The van der Waals surface area contributed by atoms with Crippen LogP contribution >= 0.6 is 15.9 Å². The number of rotatable bonds is 8. The number of hydrogen-bond donors (Lipinski definition) is 1. The van der Waals surface area contributed by atoms with Gasteiger partial charge in [-0.2, -0.15) is 13.2 Å². The van der Waals surface area contributed by atoms with Crippen LogP contribution in [0.15, 0.2) is 46.9 Å². The van der Waals surface area contributed by atoms with Gasteiger partial charge in [-0.1, -0.05) is 15.9 Å². The highest BCUT2D eigenvalue weighted by Crippen LogP contribution is 2.35. The molecule has 2 aromatic rings. The second kappa shape index (κ2) is 9.61. The third-order valence-corrected chi connectivity index (χ3v) is 3.84. The molecule has 0 unspecified atom stereocenters. The van der Waals surface area contributed by atoms with E-state index in [1.807, 2.05) is 0 Å². The molecule has 0 atom stereocenters. The van der Waals surface area contributed by atoms with Crippen LogP contribution < -0.4 is 14.8 Å². The Hall–Kier alpha value is -2.26. The van der Waals surface area contributed by atoms with Gasteiger partial charge in [0, 0.05) is 11.6 Å². The van der Waals surface area contributed by atoms with Crippen LogP contribution in [0, 0.1) is 0 Å². The summed E-state index contributed by atoms with van der Waals surface area (Å²) in [6, 6.07) is 9.64. The number of alkyl halides is 3. The number of amides is 1. The first-order chi connectivity index (χ1) is 12.8. The standard InChI is InChI=1S/C18H17BrF3NO4/c1-25-8-9-26-16-7-2-12(18(20,21)22)10-15(16)23-17(24)11-27-14-5-3-13(19)4-6-14/h2-7,10H,8-9,11H2,1H3,(H,23,24). The molecule has 5 nitrogen and oxygen atoms in total. The lowest BCUT2D eigenvalue weighted by atomic mass is 10.1. The van der Waals surface area contributed by atoms with Gasteiger partial charge in [-0.3, -0.25) is 4.79 Å². The van der Waals surface area contributed by atoms with Gasteiger partial charge in [0.2, 0.25) is 0 Å². The fraction of sp³-hybridized carbons (Fsp3) is 0.278. The van der Waals surface area contributed by atoms with Gasteiger partial charge in [0.05, 0.1) is 17.9 Å². The number of hydrogen-bond acceptors (Lipinski definition) is 4. The summed E-state index contributed by atoms with van der Waals surface area (Å²) in [6.45, 7) is 0.0105. The lowest BCUT2D eigenvalue weighted by molar-refractivity contribution is -0.137. The van der Waals surface area contributed by atoms with Crippen LogP contribution in [0.4, 0.5) is 18.9 Å². The molecule has 27 heavy (non-hydrogen) atoms. The highest BCUT2D eigenvalue weighted by molar-refractivity contribution is 9.10. The third-order valence-electron chi connectivity index (χ3n) is 3.31. The first kappa shape index (κ1) is 21.0. The normalized spacial score (nSPS) is 11.1. The van der Waals surface area contributed by atoms with E-state index in [2.05, 4.69) is 21.2 Å². The van der Waals surface area contributed by atoms with Crippen molar-refractivity contribution in [2.24, 2.45) is 0 Å². The van der Waals surface area contributed by atoms with E-state index >= 15 is 0 Å². The van der Waals surface area contributed by atoms with Crippen LogP contribution in [0.1, 0.15) is 5.56 Å². The van der Waals surface area contributed by atoms with Crippen molar-refractivity contribution in [1.29, 1.82) is 0 Å². The van der Waals surface area contributed by atoms with Gasteiger partial charge in [0.25, 0.3) is 5.91 Å². The molecule has 0 heterocycles. The highest BCUT2D eigenvalue weighted by Gasteiger charge is 2.31. The van der Waals surface area contributed by atoms with Gasteiger partial charge in [0.1, 0.15) is 18.1 Å². The van der Waals surface area contributed by atoms with Crippen molar-refractivity contribution < 1.29 is 32.2 Å². The number of anilines is 1. The van der Waals surface area contributed by atoms with Gasteiger partial charge in [-0.15, -0.1) is 0 Å². The second-order valence-corrected chi connectivity index (χ2v) is 6.26. The van der Waals surface area contributed by atoms with Crippen molar-refractivity contribution in [2.45, 2.75) is 6.18 Å². The van der Waals surface area contributed by atoms with Crippen molar-refractivity contribution in [3.63, 3.8) is 0 Å². The number of halogens is 4. The van der Waals surface area contributed by atoms with Crippen molar-refractivity contribution >= 4 is 27.5 Å². The van der Waals surface area contributed by atoms with Gasteiger partial charge >= 0.3 is 6.18 Å². The predicted octanol–water partition coefficient (Wildman–Crippen LogP) is 4.51. The second-order valence-electron chi connectivity index (χ2n) is 5.34. The SMILES string of the molecule is COCCOc1ccc(C(F)(F)F)cc1NC(=O)COc1ccc(Br)cc1. The van der Waals surface area contributed by atoms with E-state index < -0.39 is 17.6 Å². The Labute approximate surface area is 162 Å². The quantitative estimate of drug-likeness (QED) is 0.604. The maximum Gasteiger partial charge on any atom is 0.416 e. The Morgan fingerprint density at radius 1 is 1.07 bits per heavy atom. The lowest BCUT2D eigenvalue weighted by Crippen LogP contribution is -2.21. The average Bonchev–Trinajstić information content (AvgIpc) is 2.62. The molecule has 1 amide bonds. The summed E-state index contributed by atoms with van der Waals surface area (Å²) in [4.78, 5) is 12.1. The number of benzene rings is 2. The fourth-order valence-corrected chi connectivity index (χ4v) is 2.30. The number of ether oxygens (including phenoxy) is 3. The van der Waals surface area contributed by atoms with E-state index in [0.29, 0.717) is 5.75 Å². The maximum atomic E-state index is 12.9. The summed E-state index contributed by atoms with van der Waals surface area (Å²) in [5.41, 5.74) is -0.990. The van der Waals surface area contributed by atoms with Gasteiger partial charge in [-0.05, 0) is 42.5 Å². The van der Waals surface area contributed by atoms with Crippen LogP contribution in [-0.4, -0.2) is 32.8 Å².